The maximum atomic E-state index is 13.6. The standard InChI is InChI=1S/C29H39N3O6/c1-35-24-10-9-23(17-27(24)38-4)30-28(33)11-14-31-12-5-8-21(18-31)29(34)32-13-6-7-20-15-25(36-2)26(37-3)16-22(20)19-32/h9-10,15-17,21H,5-8,11-14,18-19H2,1-4H3,(H,30,33). The minimum atomic E-state index is -0.0702. The average Bonchev–Trinajstić information content (AvgIpc) is 3.16. The molecule has 0 aromatic heterocycles. The van der Waals surface area contributed by atoms with E-state index in [4.69, 9.17) is 18.9 Å². The lowest BCUT2D eigenvalue weighted by atomic mass is 9.96. The molecule has 1 atom stereocenters. The van der Waals surface area contributed by atoms with Gasteiger partial charge in [-0.25, -0.2) is 0 Å². The van der Waals surface area contributed by atoms with Gasteiger partial charge < -0.3 is 34.1 Å². The molecule has 2 amide bonds. The van der Waals surface area contributed by atoms with Crippen molar-refractivity contribution in [1.82, 2.24) is 9.80 Å². The Morgan fingerprint density at radius 3 is 2.26 bits per heavy atom. The van der Waals surface area contributed by atoms with Crippen LogP contribution >= 0.6 is 0 Å². The first-order chi connectivity index (χ1) is 18.4. The minimum Gasteiger partial charge on any atom is -0.493 e. The minimum absolute atomic E-state index is 0.0562. The number of methoxy groups -OCH3 is 4. The summed E-state index contributed by atoms with van der Waals surface area (Å²) in [4.78, 5) is 30.4. The summed E-state index contributed by atoms with van der Waals surface area (Å²) in [6, 6.07) is 9.35. The van der Waals surface area contributed by atoms with Crippen LogP contribution in [0.1, 0.15) is 36.8 Å². The van der Waals surface area contributed by atoms with E-state index in [-0.39, 0.29) is 17.7 Å². The van der Waals surface area contributed by atoms with Gasteiger partial charge in [0.15, 0.2) is 23.0 Å². The van der Waals surface area contributed by atoms with E-state index in [1.165, 1.54) is 5.56 Å². The van der Waals surface area contributed by atoms with Gasteiger partial charge in [-0.05, 0) is 67.6 Å². The Labute approximate surface area is 225 Å². The number of rotatable bonds is 9. The molecule has 9 heteroatoms. The Hall–Kier alpha value is -3.46. The second kappa shape index (κ2) is 12.9. The zero-order chi connectivity index (χ0) is 27.1. The van der Waals surface area contributed by atoms with Gasteiger partial charge in [-0.1, -0.05) is 0 Å². The fourth-order valence-electron chi connectivity index (χ4n) is 5.39. The lowest BCUT2D eigenvalue weighted by molar-refractivity contribution is -0.138. The summed E-state index contributed by atoms with van der Waals surface area (Å²) in [6.07, 6.45) is 4.01. The number of carbonyl (C=O) groups is 2. The predicted octanol–water partition coefficient (Wildman–Crippen LogP) is 3.74. The number of carbonyl (C=O) groups excluding carboxylic acids is 2. The van der Waals surface area contributed by atoms with Gasteiger partial charge in [0.25, 0.3) is 0 Å². The normalized spacial score (nSPS) is 17.7. The van der Waals surface area contributed by atoms with Gasteiger partial charge in [-0.2, -0.15) is 0 Å². The average molecular weight is 526 g/mol. The molecule has 38 heavy (non-hydrogen) atoms. The van der Waals surface area contributed by atoms with E-state index >= 15 is 0 Å². The summed E-state index contributed by atoms with van der Waals surface area (Å²) in [5, 5.41) is 2.93. The second-order valence-electron chi connectivity index (χ2n) is 9.85. The number of fused-ring (bicyclic) bond motifs is 1. The van der Waals surface area contributed by atoms with Crippen LogP contribution in [-0.2, 0) is 22.6 Å². The highest BCUT2D eigenvalue weighted by Gasteiger charge is 2.31. The highest BCUT2D eigenvalue weighted by molar-refractivity contribution is 5.91. The van der Waals surface area contributed by atoms with E-state index < -0.39 is 0 Å². The number of hydrogen-bond acceptors (Lipinski definition) is 7. The van der Waals surface area contributed by atoms with Crippen LogP contribution in [0.15, 0.2) is 30.3 Å². The summed E-state index contributed by atoms with van der Waals surface area (Å²) < 4.78 is 21.5. The number of nitrogens with one attached hydrogen (secondary N) is 1. The van der Waals surface area contributed by atoms with Gasteiger partial charge in [0.1, 0.15) is 0 Å². The Morgan fingerprint density at radius 2 is 1.55 bits per heavy atom. The third kappa shape index (κ3) is 6.51. The van der Waals surface area contributed by atoms with Gasteiger partial charge in [0, 0.05) is 44.4 Å². The molecule has 0 aliphatic carbocycles. The molecule has 1 fully saturated rings. The summed E-state index contributed by atoms with van der Waals surface area (Å²) in [7, 11) is 6.42. The van der Waals surface area contributed by atoms with E-state index in [1.54, 1.807) is 46.6 Å². The van der Waals surface area contributed by atoms with Crippen molar-refractivity contribution in [2.45, 2.75) is 38.6 Å². The molecule has 2 aliphatic rings. The second-order valence-corrected chi connectivity index (χ2v) is 9.85. The molecule has 0 saturated carbocycles. The zero-order valence-corrected chi connectivity index (χ0v) is 22.9. The van der Waals surface area contributed by atoms with Crippen molar-refractivity contribution in [1.29, 1.82) is 0 Å². The number of aryl methyl sites for hydroxylation is 1. The van der Waals surface area contributed by atoms with E-state index in [9.17, 15) is 9.59 Å². The fourth-order valence-corrected chi connectivity index (χ4v) is 5.39. The van der Waals surface area contributed by atoms with E-state index in [2.05, 4.69) is 10.2 Å². The quantitative estimate of drug-likeness (QED) is 0.534. The Balaban J connectivity index is 1.32. The van der Waals surface area contributed by atoms with Crippen LogP contribution in [0.25, 0.3) is 0 Å². The molecule has 1 N–H and O–H groups in total. The third-order valence-corrected chi connectivity index (χ3v) is 7.43. The molecular weight excluding hydrogens is 486 g/mol. The molecule has 0 radical (unpaired) electrons. The topological polar surface area (TPSA) is 89.6 Å². The molecule has 4 rings (SSSR count). The molecule has 2 aliphatic heterocycles. The fraction of sp³-hybridized carbons (Fsp3) is 0.517. The largest absolute Gasteiger partial charge is 0.493 e. The van der Waals surface area contributed by atoms with Gasteiger partial charge in [-0.15, -0.1) is 0 Å². The van der Waals surface area contributed by atoms with E-state index in [1.807, 2.05) is 17.0 Å². The van der Waals surface area contributed by atoms with Crippen LogP contribution in [0.5, 0.6) is 23.0 Å². The summed E-state index contributed by atoms with van der Waals surface area (Å²) in [6.45, 7) is 3.51. The van der Waals surface area contributed by atoms with Crippen molar-refractivity contribution >= 4 is 17.5 Å². The molecule has 0 spiro atoms. The van der Waals surface area contributed by atoms with Gasteiger partial charge >= 0.3 is 0 Å². The molecule has 1 unspecified atom stereocenters. The Kier molecular flexibility index (Phi) is 9.33. The number of ether oxygens (including phenoxy) is 4. The van der Waals surface area contributed by atoms with Crippen LogP contribution < -0.4 is 24.3 Å². The van der Waals surface area contributed by atoms with Gasteiger partial charge in [0.05, 0.1) is 34.4 Å². The number of nitrogens with zero attached hydrogens (tertiary/aromatic N) is 2. The van der Waals surface area contributed by atoms with E-state index in [0.717, 1.165) is 50.1 Å². The number of hydrogen-bond donors (Lipinski definition) is 1. The van der Waals surface area contributed by atoms with Crippen molar-refractivity contribution in [2.24, 2.45) is 5.92 Å². The first-order valence-corrected chi connectivity index (χ1v) is 13.2. The lowest BCUT2D eigenvalue weighted by Gasteiger charge is -2.34. The van der Waals surface area contributed by atoms with Gasteiger partial charge in [0.2, 0.25) is 11.8 Å². The molecule has 2 aromatic carbocycles. The summed E-state index contributed by atoms with van der Waals surface area (Å²) in [5.74, 6) is 2.67. The monoisotopic (exact) mass is 525 g/mol. The van der Waals surface area contributed by atoms with Crippen LogP contribution in [0.2, 0.25) is 0 Å². The smallest absolute Gasteiger partial charge is 0.227 e. The van der Waals surface area contributed by atoms with Crippen molar-refractivity contribution in [3.63, 3.8) is 0 Å². The number of piperidine rings is 1. The highest BCUT2D eigenvalue weighted by Crippen LogP contribution is 2.34. The van der Waals surface area contributed by atoms with Crippen molar-refractivity contribution in [3.05, 3.63) is 41.5 Å². The Bertz CT molecular complexity index is 1140. The predicted molar refractivity (Wildman–Crippen MR) is 145 cm³/mol. The van der Waals surface area contributed by atoms with Crippen LogP contribution in [-0.4, -0.2) is 76.2 Å². The zero-order valence-electron chi connectivity index (χ0n) is 22.9. The molecular formula is C29H39N3O6. The van der Waals surface area contributed by atoms with Crippen LogP contribution in [0.3, 0.4) is 0 Å². The first-order valence-electron chi connectivity index (χ1n) is 13.2. The summed E-state index contributed by atoms with van der Waals surface area (Å²) in [5.41, 5.74) is 2.99. The maximum Gasteiger partial charge on any atom is 0.227 e. The van der Waals surface area contributed by atoms with Crippen molar-refractivity contribution in [2.75, 3.05) is 59.9 Å². The van der Waals surface area contributed by atoms with Crippen LogP contribution in [0, 0.1) is 5.92 Å². The number of anilines is 1. The molecule has 9 nitrogen and oxygen atoms in total. The van der Waals surface area contributed by atoms with Crippen molar-refractivity contribution in [3.8, 4) is 23.0 Å². The number of amides is 2. The van der Waals surface area contributed by atoms with Gasteiger partial charge in [-0.3, -0.25) is 9.59 Å². The first kappa shape index (κ1) is 27.6. The third-order valence-electron chi connectivity index (χ3n) is 7.43. The molecule has 1 saturated heterocycles. The number of likely N-dealkylation sites (tertiary alicyclic amines) is 1. The molecule has 2 aromatic rings. The maximum absolute atomic E-state index is 13.6. The van der Waals surface area contributed by atoms with Crippen LogP contribution in [0.4, 0.5) is 5.69 Å². The molecule has 2 heterocycles. The van der Waals surface area contributed by atoms with Crippen molar-refractivity contribution < 1.29 is 28.5 Å². The Morgan fingerprint density at radius 1 is 0.868 bits per heavy atom. The van der Waals surface area contributed by atoms with E-state index in [0.29, 0.717) is 49.0 Å². The molecule has 0 bridgehead atoms. The highest BCUT2D eigenvalue weighted by atomic mass is 16.5. The SMILES string of the molecule is COc1ccc(NC(=O)CCN2CCCC(C(=O)N3CCCc4cc(OC)c(OC)cc4C3)C2)cc1OC. The lowest BCUT2D eigenvalue weighted by Crippen LogP contribution is -2.45. The number of benzene rings is 2. The summed E-state index contributed by atoms with van der Waals surface area (Å²) >= 11 is 0. The molecule has 206 valence electrons.